The lowest BCUT2D eigenvalue weighted by Gasteiger charge is -2.17. The summed E-state index contributed by atoms with van der Waals surface area (Å²) in [5, 5.41) is 0. The van der Waals surface area contributed by atoms with Crippen molar-refractivity contribution in [1.29, 1.82) is 0 Å². The molecule has 3 nitrogen and oxygen atoms in total. The van der Waals surface area contributed by atoms with Crippen molar-refractivity contribution >= 4 is 11.8 Å². The fourth-order valence-corrected chi connectivity index (χ4v) is 3.07. The number of esters is 1. The van der Waals surface area contributed by atoms with E-state index in [4.69, 9.17) is 4.74 Å². The molecular formula is C18H16O3. The second-order valence-corrected chi connectivity index (χ2v) is 5.24. The standard InChI is InChI=1S/C18H16O3/c1-21-18(20)15-11-13-9-5-6-10-14(13)16(15)17(19)12-7-3-2-4-8-12/h2-10,15-16H,11H2,1H3/t15-,16-/m0/s1. The van der Waals surface area contributed by atoms with Crippen molar-refractivity contribution in [2.45, 2.75) is 12.3 Å². The van der Waals surface area contributed by atoms with Crippen LogP contribution in [-0.4, -0.2) is 18.9 Å². The summed E-state index contributed by atoms with van der Waals surface area (Å²) in [7, 11) is 1.37. The molecule has 0 bridgehead atoms. The third kappa shape index (κ3) is 2.35. The van der Waals surface area contributed by atoms with Gasteiger partial charge >= 0.3 is 5.97 Å². The zero-order valence-corrected chi connectivity index (χ0v) is 11.8. The van der Waals surface area contributed by atoms with E-state index >= 15 is 0 Å². The van der Waals surface area contributed by atoms with Crippen molar-refractivity contribution in [2.75, 3.05) is 7.11 Å². The van der Waals surface area contributed by atoms with Crippen molar-refractivity contribution in [3.63, 3.8) is 0 Å². The van der Waals surface area contributed by atoms with Crippen LogP contribution in [0.2, 0.25) is 0 Å². The van der Waals surface area contributed by atoms with Gasteiger partial charge in [0.1, 0.15) is 0 Å². The van der Waals surface area contributed by atoms with E-state index in [0.29, 0.717) is 12.0 Å². The number of rotatable bonds is 3. The van der Waals surface area contributed by atoms with Gasteiger partial charge in [-0.1, -0.05) is 54.6 Å². The Kier molecular flexibility index (Phi) is 3.57. The highest BCUT2D eigenvalue weighted by atomic mass is 16.5. The molecule has 0 aromatic heterocycles. The minimum absolute atomic E-state index is 0.0176. The lowest BCUT2D eigenvalue weighted by molar-refractivity contribution is -0.145. The van der Waals surface area contributed by atoms with Crippen LogP contribution in [0.15, 0.2) is 54.6 Å². The van der Waals surface area contributed by atoms with Crippen LogP contribution >= 0.6 is 0 Å². The lowest BCUT2D eigenvalue weighted by Crippen LogP contribution is -2.26. The molecule has 1 aliphatic rings. The van der Waals surface area contributed by atoms with E-state index in [1.54, 1.807) is 12.1 Å². The molecule has 3 heteroatoms. The second-order valence-electron chi connectivity index (χ2n) is 5.24. The number of ether oxygens (including phenoxy) is 1. The highest BCUT2D eigenvalue weighted by Gasteiger charge is 2.42. The molecule has 21 heavy (non-hydrogen) atoms. The van der Waals surface area contributed by atoms with Crippen LogP contribution in [0.3, 0.4) is 0 Å². The number of carbonyl (C=O) groups is 2. The summed E-state index contributed by atoms with van der Waals surface area (Å²) in [5.41, 5.74) is 2.64. The molecule has 0 spiro atoms. The molecule has 0 aliphatic heterocycles. The van der Waals surface area contributed by atoms with Gasteiger partial charge in [-0.15, -0.1) is 0 Å². The van der Waals surface area contributed by atoms with Crippen molar-refractivity contribution < 1.29 is 14.3 Å². The Bertz CT molecular complexity index is 676. The number of carbonyl (C=O) groups excluding carboxylic acids is 2. The summed E-state index contributed by atoms with van der Waals surface area (Å²) in [4.78, 5) is 24.9. The predicted molar refractivity (Wildman–Crippen MR) is 79.2 cm³/mol. The molecule has 0 saturated carbocycles. The van der Waals surface area contributed by atoms with Gasteiger partial charge in [0.05, 0.1) is 18.9 Å². The summed E-state index contributed by atoms with van der Waals surface area (Å²) in [6.45, 7) is 0. The average Bonchev–Trinajstić information content (AvgIpc) is 2.93. The minimum atomic E-state index is -0.448. The maximum atomic E-state index is 12.8. The van der Waals surface area contributed by atoms with Gasteiger partial charge in [0, 0.05) is 5.56 Å². The first-order valence-electron chi connectivity index (χ1n) is 6.97. The summed E-state index contributed by atoms with van der Waals surface area (Å²) in [6, 6.07) is 16.9. The number of ketones is 1. The van der Waals surface area contributed by atoms with Gasteiger partial charge in [-0.3, -0.25) is 9.59 Å². The van der Waals surface area contributed by atoms with Crippen molar-refractivity contribution in [2.24, 2.45) is 5.92 Å². The summed E-state index contributed by atoms with van der Waals surface area (Å²) in [5.74, 6) is -1.22. The van der Waals surface area contributed by atoms with Gasteiger partial charge in [0.2, 0.25) is 0 Å². The Labute approximate surface area is 123 Å². The van der Waals surface area contributed by atoms with E-state index in [9.17, 15) is 9.59 Å². The first-order chi connectivity index (χ1) is 10.2. The quantitative estimate of drug-likeness (QED) is 0.641. The number of benzene rings is 2. The third-order valence-corrected chi connectivity index (χ3v) is 4.08. The minimum Gasteiger partial charge on any atom is -0.469 e. The molecule has 3 rings (SSSR count). The monoisotopic (exact) mass is 280 g/mol. The van der Waals surface area contributed by atoms with E-state index in [-0.39, 0.29) is 11.8 Å². The fraction of sp³-hybridized carbons (Fsp3) is 0.222. The first-order valence-corrected chi connectivity index (χ1v) is 6.97. The van der Waals surface area contributed by atoms with Crippen LogP contribution < -0.4 is 0 Å². The maximum Gasteiger partial charge on any atom is 0.310 e. The highest BCUT2D eigenvalue weighted by molar-refractivity contribution is 6.04. The Balaban J connectivity index is 2.03. The van der Waals surface area contributed by atoms with Crippen LogP contribution in [0.5, 0.6) is 0 Å². The molecule has 0 heterocycles. The van der Waals surface area contributed by atoms with Gasteiger partial charge in [0.15, 0.2) is 5.78 Å². The molecule has 0 amide bonds. The SMILES string of the molecule is COC(=O)[C@H]1Cc2ccccc2[C@@H]1C(=O)c1ccccc1. The second kappa shape index (κ2) is 5.52. The van der Waals surface area contributed by atoms with Gasteiger partial charge in [0.25, 0.3) is 0 Å². The zero-order chi connectivity index (χ0) is 14.8. The van der Waals surface area contributed by atoms with Crippen LogP contribution in [0, 0.1) is 5.92 Å². The molecule has 2 aromatic carbocycles. The van der Waals surface area contributed by atoms with E-state index in [1.165, 1.54) is 7.11 Å². The molecule has 2 atom stereocenters. The Morgan fingerprint density at radius 3 is 2.38 bits per heavy atom. The number of hydrogen-bond donors (Lipinski definition) is 0. The van der Waals surface area contributed by atoms with E-state index in [0.717, 1.165) is 11.1 Å². The molecule has 0 unspecified atom stereocenters. The molecule has 0 radical (unpaired) electrons. The summed E-state index contributed by atoms with van der Waals surface area (Å²) < 4.78 is 4.89. The van der Waals surface area contributed by atoms with Crippen LogP contribution in [-0.2, 0) is 16.0 Å². The largest absolute Gasteiger partial charge is 0.469 e. The van der Waals surface area contributed by atoms with Crippen LogP contribution in [0.4, 0.5) is 0 Å². The normalized spacial score (nSPS) is 19.9. The van der Waals surface area contributed by atoms with Gasteiger partial charge in [-0.05, 0) is 17.5 Å². The zero-order valence-electron chi connectivity index (χ0n) is 11.8. The smallest absolute Gasteiger partial charge is 0.310 e. The lowest BCUT2D eigenvalue weighted by atomic mass is 9.85. The Morgan fingerprint density at radius 1 is 1.00 bits per heavy atom. The molecule has 0 fully saturated rings. The predicted octanol–water partition coefficient (Wildman–Crippen LogP) is 3.00. The van der Waals surface area contributed by atoms with Crippen LogP contribution in [0.25, 0.3) is 0 Å². The molecule has 0 saturated heterocycles. The third-order valence-electron chi connectivity index (χ3n) is 4.08. The van der Waals surface area contributed by atoms with Crippen LogP contribution in [0.1, 0.15) is 27.4 Å². The van der Waals surface area contributed by atoms with Crippen molar-refractivity contribution in [3.8, 4) is 0 Å². The maximum absolute atomic E-state index is 12.8. The highest BCUT2D eigenvalue weighted by Crippen LogP contribution is 2.40. The molecule has 0 N–H and O–H groups in total. The topological polar surface area (TPSA) is 43.4 Å². The number of hydrogen-bond acceptors (Lipinski definition) is 3. The van der Waals surface area contributed by atoms with Gasteiger partial charge < -0.3 is 4.74 Å². The Hall–Kier alpha value is -2.42. The molecular weight excluding hydrogens is 264 g/mol. The molecule has 1 aliphatic carbocycles. The van der Waals surface area contributed by atoms with Crippen molar-refractivity contribution in [3.05, 3.63) is 71.3 Å². The summed E-state index contributed by atoms with van der Waals surface area (Å²) in [6.07, 6.45) is 0.562. The van der Waals surface area contributed by atoms with Crippen molar-refractivity contribution in [1.82, 2.24) is 0 Å². The molecule has 2 aromatic rings. The fourth-order valence-electron chi connectivity index (χ4n) is 3.07. The van der Waals surface area contributed by atoms with Gasteiger partial charge in [-0.25, -0.2) is 0 Å². The average molecular weight is 280 g/mol. The number of Topliss-reactive ketones (excluding diaryl/α,β-unsaturated/α-hetero) is 1. The number of methoxy groups -OCH3 is 1. The Morgan fingerprint density at radius 2 is 1.67 bits per heavy atom. The first kappa shape index (κ1) is 13.6. The van der Waals surface area contributed by atoms with E-state index < -0.39 is 11.8 Å². The molecule has 106 valence electrons. The van der Waals surface area contributed by atoms with E-state index in [1.807, 2.05) is 42.5 Å². The van der Waals surface area contributed by atoms with E-state index in [2.05, 4.69) is 0 Å². The van der Waals surface area contributed by atoms with Gasteiger partial charge in [-0.2, -0.15) is 0 Å². The summed E-state index contributed by atoms with van der Waals surface area (Å²) >= 11 is 0. The number of fused-ring (bicyclic) bond motifs is 1.